The third-order valence-electron chi connectivity index (χ3n) is 3.08. The summed E-state index contributed by atoms with van der Waals surface area (Å²) < 4.78 is 0. The minimum Gasteiger partial charge on any atom is -0.384 e. The smallest absolute Gasteiger partial charge is 0.102 e. The first-order valence-electron chi connectivity index (χ1n) is 5.04. The van der Waals surface area contributed by atoms with E-state index in [1.54, 1.807) is 0 Å². The second-order valence-corrected chi connectivity index (χ2v) is 5.50. The maximum atomic E-state index is 10.5. The van der Waals surface area contributed by atoms with E-state index in [0.29, 0.717) is 5.25 Å². The van der Waals surface area contributed by atoms with Crippen molar-refractivity contribution in [3.63, 3.8) is 0 Å². The fourth-order valence-corrected chi connectivity index (χ4v) is 3.27. The lowest BCUT2D eigenvalue weighted by molar-refractivity contribution is 0.0427. The summed E-state index contributed by atoms with van der Waals surface area (Å²) in [7, 11) is 0. The molecule has 1 aliphatic heterocycles. The van der Waals surface area contributed by atoms with Gasteiger partial charge in [0, 0.05) is 5.25 Å². The SMILES string of the molecule is Cc1ccc([C@]2(O)CCS[C@H]2C)cc1. The molecule has 14 heavy (non-hydrogen) atoms. The van der Waals surface area contributed by atoms with E-state index < -0.39 is 5.60 Å². The van der Waals surface area contributed by atoms with E-state index in [1.807, 2.05) is 11.8 Å². The molecule has 0 bridgehead atoms. The lowest BCUT2D eigenvalue weighted by Gasteiger charge is -2.27. The quantitative estimate of drug-likeness (QED) is 0.765. The van der Waals surface area contributed by atoms with Crippen molar-refractivity contribution in [1.82, 2.24) is 0 Å². The third kappa shape index (κ3) is 1.57. The maximum Gasteiger partial charge on any atom is 0.102 e. The number of rotatable bonds is 1. The van der Waals surface area contributed by atoms with E-state index in [9.17, 15) is 5.11 Å². The first-order valence-corrected chi connectivity index (χ1v) is 6.09. The number of thioether (sulfide) groups is 1. The summed E-state index contributed by atoms with van der Waals surface area (Å²) in [5.74, 6) is 1.06. The van der Waals surface area contributed by atoms with Crippen LogP contribution in [0, 0.1) is 6.92 Å². The van der Waals surface area contributed by atoms with Crippen LogP contribution in [0.2, 0.25) is 0 Å². The molecule has 2 atom stereocenters. The molecule has 2 rings (SSSR count). The van der Waals surface area contributed by atoms with E-state index >= 15 is 0 Å². The molecule has 0 radical (unpaired) electrons. The average molecular weight is 208 g/mol. The first-order chi connectivity index (χ1) is 6.63. The van der Waals surface area contributed by atoms with E-state index in [1.165, 1.54) is 5.56 Å². The molecule has 1 aromatic carbocycles. The van der Waals surface area contributed by atoms with Crippen LogP contribution in [0.25, 0.3) is 0 Å². The van der Waals surface area contributed by atoms with Gasteiger partial charge in [-0.2, -0.15) is 11.8 Å². The number of aryl methyl sites for hydroxylation is 1. The Morgan fingerprint density at radius 3 is 2.50 bits per heavy atom. The summed E-state index contributed by atoms with van der Waals surface area (Å²) in [4.78, 5) is 0. The molecule has 1 aliphatic rings. The van der Waals surface area contributed by atoms with Crippen LogP contribution in [0.4, 0.5) is 0 Å². The van der Waals surface area contributed by atoms with Gasteiger partial charge in [0.2, 0.25) is 0 Å². The van der Waals surface area contributed by atoms with Crippen molar-refractivity contribution < 1.29 is 5.11 Å². The van der Waals surface area contributed by atoms with Crippen molar-refractivity contribution in [2.24, 2.45) is 0 Å². The lowest BCUT2D eigenvalue weighted by Crippen LogP contribution is -2.31. The van der Waals surface area contributed by atoms with Gasteiger partial charge < -0.3 is 5.11 Å². The highest BCUT2D eigenvalue weighted by molar-refractivity contribution is 8.00. The fraction of sp³-hybridized carbons (Fsp3) is 0.500. The van der Waals surface area contributed by atoms with Gasteiger partial charge in [-0.15, -0.1) is 0 Å². The molecule has 0 spiro atoms. The predicted molar refractivity (Wildman–Crippen MR) is 61.6 cm³/mol. The number of aliphatic hydroxyl groups is 1. The standard InChI is InChI=1S/C12H16OS/c1-9-3-5-11(6-4-9)12(13)7-8-14-10(12)2/h3-6,10,13H,7-8H2,1-2H3/t10-,12-/m0/s1. The van der Waals surface area contributed by atoms with Crippen molar-refractivity contribution in [3.8, 4) is 0 Å². The highest BCUT2D eigenvalue weighted by atomic mass is 32.2. The molecule has 0 saturated carbocycles. The molecular weight excluding hydrogens is 192 g/mol. The Labute approximate surface area is 89.5 Å². The van der Waals surface area contributed by atoms with Gasteiger partial charge in [-0.1, -0.05) is 36.8 Å². The molecule has 0 aromatic heterocycles. The summed E-state index contributed by atoms with van der Waals surface area (Å²) >= 11 is 1.85. The molecule has 1 N–H and O–H groups in total. The molecule has 0 aliphatic carbocycles. The van der Waals surface area contributed by atoms with Crippen LogP contribution in [0.3, 0.4) is 0 Å². The zero-order valence-corrected chi connectivity index (χ0v) is 9.47. The highest BCUT2D eigenvalue weighted by Gasteiger charge is 2.40. The van der Waals surface area contributed by atoms with Gasteiger partial charge in [0.05, 0.1) is 0 Å². The lowest BCUT2D eigenvalue weighted by atomic mass is 9.88. The molecule has 0 amide bonds. The van der Waals surface area contributed by atoms with Gasteiger partial charge in [-0.25, -0.2) is 0 Å². The van der Waals surface area contributed by atoms with Gasteiger partial charge >= 0.3 is 0 Å². The second-order valence-electron chi connectivity index (χ2n) is 4.05. The van der Waals surface area contributed by atoms with Crippen LogP contribution in [-0.4, -0.2) is 16.1 Å². The summed E-state index contributed by atoms with van der Waals surface area (Å²) in [6, 6.07) is 8.25. The van der Waals surface area contributed by atoms with Crippen molar-refractivity contribution >= 4 is 11.8 Å². The minimum atomic E-state index is -0.599. The van der Waals surface area contributed by atoms with E-state index in [0.717, 1.165) is 17.7 Å². The van der Waals surface area contributed by atoms with E-state index in [-0.39, 0.29) is 0 Å². The monoisotopic (exact) mass is 208 g/mol. The topological polar surface area (TPSA) is 20.2 Å². The van der Waals surface area contributed by atoms with Crippen LogP contribution in [0.5, 0.6) is 0 Å². The van der Waals surface area contributed by atoms with Crippen LogP contribution in [-0.2, 0) is 5.60 Å². The van der Waals surface area contributed by atoms with Crippen molar-refractivity contribution in [2.75, 3.05) is 5.75 Å². The summed E-state index contributed by atoms with van der Waals surface area (Å²) in [6.07, 6.45) is 0.877. The first kappa shape index (κ1) is 10.1. The van der Waals surface area contributed by atoms with E-state index in [4.69, 9.17) is 0 Å². The Morgan fingerprint density at radius 1 is 1.36 bits per heavy atom. The van der Waals surface area contributed by atoms with Gasteiger partial charge in [0.1, 0.15) is 5.60 Å². The predicted octanol–water partition coefficient (Wildman–Crippen LogP) is 2.71. The van der Waals surface area contributed by atoms with Crippen LogP contribution < -0.4 is 0 Å². The molecule has 2 heteroatoms. The Bertz CT molecular complexity index is 320. The minimum absolute atomic E-state index is 0.310. The molecule has 1 aromatic rings. The Hall–Kier alpha value is -0.470. The van der Waals surface area contributed by atoms with Crippen LogP contribution >= 0.6 is 11.8 Å². The molecule has 1 saturated heterocycles. The molecule has 0 unspecified atom stereocenters. The third-order valence-corrected chi connectivity index (χ3v) is 4.40. The van der Waals surface area contributed by atoms with Crippen molar-refractivity contribution in [2.45, 2.75) is 31.1 Å². The van der Waals surface area contributed by atoms with Gasteiger partial charge in [-0.3, -0.25) is 0 Å². The number of hydrogen-bond acceptors (Lipinski definition) is 2. The summed E-state index contributed by atoms with van der Waals surface area (Å²) in [5.41, 5.74) is 1.72. The van der Waals surface area contributed by atoms with Crippen molar-refractivity contribution in [1.29, 1.82) is 0 Å². The maximum absolute atomic E-state index is 10.5. The number of benzene rings is 1. The van der Waals surface area contributed by atoms with Gasteiger partial charge in [0.15, 0.2) is 0 Å². The van der Waals surface area contributed by atoms with Crippen molar-refractivity contribution in [3.05, 3.63) is 35.4 Å². The van der Waals surface area contributed by atoms with E-state index in [2.05, 4.69) is 38.1 Å². The van der Waals surface area contributed by atoms with Gasteiger partial charge in [0.25, 0.3) is 0 Å². The molecule has 1 fully saturated rings. The molecule has 1 nitrogen and oxygen atoms in total. The average Bonchev–Trinajstić information content (AvgIpc) is 2.49. The Kier molecular flexibility index (Phi) is 2.58. The van der Waals surface area contributed by atoms with Crippen LogP contribution in [0.1, 0.15) is 24.5 Å². The zero-order valence-electron chi connectivity index (χ0n) is 8.66. The largest absolute Gasteiger partial charge is 0.384 e. The Morgan fingerprint density at radius 2 is 2.00 bits per heavy atom. The Balaban J connectivity index is 2.34. The summed E-state index contributed by atoms with van der Waals surface area (Å²) in [6.45, 7) is 4.18. The van der Waals surface area contributed by atoms with Crippen LogP contribution in [0.15, 0.2) is 24.3 Å². The fourth-order valence-electron chi connectivity index (χ4n) is 1.95. The second kappa shape index (κ2) is 3.59. The summed E-state index contributed by atoms with van der Waals surface area (Å²) in [5, 5.41) is 10.8. The van der Waals surface area contributed by atoms with Gasteiger partial charge in [-0.05, 0) is 24.7 Å². The molecular formula is C12H16OS. The zero-order chi connectivity index (χ0) is 10.2. The highest BCUT2D eigenvalue weighted by Crippen LogP contribution is 2.42. The molecule has 1 heterocycles. The number of hydrogen-bond donors (Lipinski definition) is 1. The molecule has 76 valence electrons. The normalized spacial score (nSPS) is 32.1.